The Balaban J connectivity index is 1.37. The van der Waals surface area contributed by atoms with E-state index < -0.39 is 10.9 Å². The summed E-state index contributed by atoms with van der Waals surface area (Å²) in [6.45, 7) is 0.700. The highest BCUT2D eigenvalue weighted by Gasteiger charge is 2.37. The SMILES string of the molecule is O=C(O)CN(CC1CC1)C1CC(NC(=O)COc2ccc([N+](=O)[O-])cc2)C1. The van der Waals surface area contributed by atoms with E-state index in [-0.39, 0.29) is 36.8 Å². The van der Waals surface area contributed by atoms with Crippen molar-refractivity contribution in [1.29, 1.82) is 0 Å². The average molecular weight is 377 g/mol. The minimum absolute atomic E-state index is 0.0264. The van der Waals surface area contributed by atoms with Crippen LogP contribution in [0, 0.1) is 16.0 Å². The number of benzene rings is 1. The lowest BCUT2D eigenvalue weighted by molar-refractivity contribution is -0.384. The fraction of sp³-hybridized carbons (Fsp3) is 0.556. The van der Waals surface area contributed by atoms with Gasteiger partial charge in [-0.2, -0.15) is 0 Å². The molecule has 0 spiro atoms. The first-order valence-electron chi connectivity index (χ1n) is 9.03. The molecule has 2 saturated carbocycles. The minimum Gasteiger partial charge on any atom is -0.484 e. The van der Waals surface area contributed by atoms with Crippen molar-refractivity contribution in [2.24, 2.45) is 5.92 Å². The van der Waals surface area contributed by atoms with Crippen molar-refractivity contribution in [1.82, 2.24) is 10.2 Å². The topological polar surface area (TPSA) is 122 Å². The third-order valence-electron chi connectivity index (χ3n) is 4.94. The largest absolute Gasteiger partial charge is 0.484 e. The molecule has 146 valence electrons. The molecule has 2 N–H and O–H groups in total. The molecule has 3 rings (SSSR count). The van der Waals surface area contributed by atoms with Crippen molar-refractivity contribution in [3.8, 4) is 5.75 Å². The van der Waals surface area contributed by atoms with Crippen LogP contribution >= 0.6 is 0 Å². The summed E-state index contributed by atoms with van der Waals surface area (Å²) in [4.78, 5) is 35.1. The van der Waals surface area contributed by atoms with Crippen molar-refractivity contribution in [2.75, 3.05) is 19.7 Å². The molecule has 0 aliphatic heterocycles. The summed E-state index contributed by atoms with van der Waals surface area (Å²) in [7, 11) is 0. The third kappa shape index (κ3) is 5.65. The van der Waals surface area contributed by atoms with E-state index in [1.54, 1.807) is 0 Å². The lowest BCUT2D eigenvalue weighted by atomic mass is 9.85. The molecule has 2 fully saturated rings. The van der Waals surface area contributed by atoms with Crippen LogP contribution in [0.25, 0.3) is 0 Å². The van der Waals surface area contributed by atoms with E-state index in [1.165, 1.54) is 37.1 Å². The second-order valence-corrected chi connectivity index (χ2v) is 7.20. The number of rotatable bonds is 10. The number of ether oxygens (including phenoxy) is 1. The smallest absolute Gasteiger partial charge is 0.317 e. The zero-order valence-corrected chi connectivity index (χ0v) is 14.9. The van der Waals surface area contributed by atoms with Gasteiger partial charge < -0.3 is 15.2 Å². The first-order chi connectivity index (χ1) is 12.9. The lowest BCUT2D eigenvalue weighted by Gasteiger charge is -2.42. The van der Waals surface area contributed by atoms with Gasteiger partial charge in [-0.05, 0) is 43.7 Å². The van der Waals surface area contributed by atoms with E-state index >= 15 is 0 Å². The monoisotopic (exact) mass is 377 g/mol. The summed E-state index contributed by atoms with van der Waals surface area (Å²) >= 11 is 0. The maximum absolute atomic E-state index is 12.0. The van der Waals surface area contributed by atoms with Crippen molar-refractivity contribution in [2.45, 2.75) is 37.8 Å². The Labute approximate surface area is 156 Å². The van der Waals surface area contributed by atoms with Gasteiger partial charge in [-0.1, -0.05) is 0 Å². The van der Waals surface area contributed by atoms with E-state index in [9.17, 15) is 19.7 Å². The van der Waals surface area contributed by atoms with Crippen molar-refractivity contribution < 1.29 is 24.4 Å². The molecule has 1 aromatic carbocycles. The molecule has 0 bridgehead atoms. The van der Waals surface area contributed by atoms with E-state index in [0.29, 0.717) is 11.7 Å². The molecule has 0 unspecified atom stereocenters. The molecule has 0 heterocycles. The van der Waals surface area contributed by atoms with Crippen LogP contribution in [-0.2, 0) is 9.59 Å². The maximum Gasteiger partial charge on any atom is 0.317 e. The van der Waals surface area contributed by atoms with E-state index in [2.05, 4.69) is 5.32 Å². The fourth-order valence-electron chi connectivity index (χ4n) is 3.23. The second kappa shape index (κ2) is 8.34. The number of hydrogen-bond donors (Lipinski definition) is 2. The summed E-state index contributed by atoms with van der Waals surface area (Å²) in [6, 6.07) is 5.77. The number of carboxylic acid groups (broad SMARTS) is 1. The molecule has 0 atom stereocenters. The molecular formula is C18H23N3O6. The zero-order valence-electron chi connectivity index (χ0n) is 14.9. The number of non-ortho nitro benzene ring substituents is 1. The van der Waals surface area contributed by atoms with Crippen LogP contribution in [0.2, 0.25) is 0 Å². The summed E-state index contributed by atoms with van der Waals surface area (Å²) in [6.07, 6.45) is 3.82. The third-order valence-corrected chi connectivity index (χ3v) is 4.94. The van der Waals surface area contributed by atoms with Gasteiger partial charge >= 0.3 is 5.97 Å². The summed E-state index contributed by atoms with van der Waals surface area (Å²) in [5.41, 5.74) is -0.0376. The Kier molecular flexibility index (Phi) is 5.90. The predicted molar refractivity (Wildman–Crippen MR) is 95.5 cm³/mol. The lowest BCUT2D eigenvalue weighted by Crippen LogP contribution is -2.55. The molecule has 0 saturated heterocycles. The van der Waals surface area contributed by atoms with E-state index in [4.69, 9.17) is 9.84 Å². The van der Waals surface area contributed by atoms with Gasteiger partial charge in [-0.15, -0.1) is 0 Å². The fourth-order valence-corrected chi connectivity index (χ4v) is 3.23. The van der Waals surface area contributed by atoms with Gasteiger partial charge in [-0.25, -0.2) is 0 Å². The molecule has 0 radical (unpaired) electrons. The molecule has 2 aliphatic carbocycles. The highest BCUT2D eigenvalue weighted by atomic mass is 16.6. The molecule has 27 heavy (non-hydrogen) atoms. The predicted octanol–water partition coefficient (Wildman–Crippen LogP) is 1.42. The van der Waals surface area contributed by atoms with Crippen molar-refractivity contribution in [3.05, 3.63) is 34.4 Å². The summed E-state index contributed by atoms with van der Waals surface area (Å²) in [5.74, 6) is -0.0733. The van der Waals surface area contributed by atoms with Gasteiger partial charge in [0.1, 0.15) is 5.75 Å². The first kappa shape index (κ1) is 19.1. The van der Waals surface area contributed by atoms with Crippen LogP contribution in [0.15, 0.2) is 24.3 Å². The Morgan fingerprint density at radius 3 is 2.48 bits per heavy atom. The number of hydrogen-bond acceptors (Lipinski definition) is 6. The quantitative estimate of drug-likeness (QED) is 0.467. The Morgan fingerprint density at radius 1 is 1.26 bits per heavy atom. The number of nitro benzene ring substituents is 1. The van der Waals surface area contributed by atoms with Crippen LogP contribution in [0.4, 0.5) is 5.69 Å². The van der Waals surface area contributed by atoms with Gasteiger partial charge in [-0.3, -0.25) is 24.6 Å². The van der Waals surface area contributed by atoms with Crippen molar-refractivity contribution in [3.63, 3.8) is 0 Å². The summed E-state index contributed by atoms with van der Waals surface area (Å²) < 4.78 is 5.34. The number of amides is 1. The minimum atomic E-state index is -0.820. The zero-order chi connectivity index (χ0) is 19.4. The molecule has 2 aliphatic rings. The number of nitrogens with one attached hydrogen (secondary N) is 1. The number of aliphatic carboxylic acids is 1. The maximum atomic E-state index is 12.0. The number of nitro groups is 1. The first-order valence-corrected chi connectivity index (χ1v) is 9.03. The number of carbonyl (C=O) groups is 2. The Hall–Kier alpha value is -2.68. The Bertz CT molecular complexity index is 698. The number of nitrogens with zero attached hydrogens (tertiary/aromatic N) is 2. The average Bonchev–Trinajstić information content (AvgIpc) is 3.39. The highest BCUT2D eigenvalue weighted by Crippen LogP contribution is 2.33. The summed E-state index contributed by atoms with van der Waals surface area (Å²) in [5, 5.41) is 22.5. The van der Waals surface area contributed by atoms with Crippen LogP contribution in [-0.4, -0.2) is 58.6 Å². The molecule has 9 heteroatoms. The van der Waals surface area contributed by atoms with Gasteiger partial charge in [0, 0.05) is 30.8 Å². The molecule has 9 nitrogen and oxygen atoms in total. The highest BCUT2D eigenvalue weighted by molar-refractivity contribution is 5.78. The van der Waals surface area contributed by atoms with Gasteiger partial charge in [0.2, 0.25) is 0 Å². The second-order valence-electron chi connectivity index (χ2n) is 7.20. The number of carboxylic acids is 1. The van der Waals surface area contributed by atoms with E-state index in [1.807, 2.05) is 4.90 Å². The standard InChI is InChI=1S/C18H23N3O6/c22-17(11-27-16-5-3-14(4-6-16)21(25)26)19-13-7-15(8-13)20(10-18(23)24)9-12-1-2-12/h3-6,12-13,15H,1-2,7-11H2,(H,19,22)(H,23,24). The number of carbonyl (C=O) groups excluding carboxylic acids is 1. The molecular weight excluding hydrogens is 354 g/mol. The molecule has 0 aromatic heterocycles. The Morgan fingerprint density at radius 2 is 1.93 bits per heavy atom. The van der Waals surface area contributed by atoms with Crippen LogP contribution in [0.5, 0.6) is 5.75 Å². The normalized spacial score (nSPS) is 21.4. The van der Waals surface area contributed by atoms with Crippen LogP contribution in [0.1, 0.15) is 25.7 Å². The van der Waals surface area contributed by atoms with Gasteiger partial charge in [0.05, 0.1) is 11.5 Å². The van der Waals surface area contributed by atoms with Gasteiger partial charge in [0.15, 0.2) is 6.61 Å². The molecule has 1 amide bonds. The van der Waals surface area contributed by atoms with Crippen molar-refractivity contribution >= 4 is 17.6 Å². The van der Waals surface area contributed by atoms with E-state index in [0.717, 1.165) is 19.4 Å². The van der Waals surface area contributed by atoms with Gasteiger partial charge in [0.25, 0.3) is 11.6 Å². The van der Waals surface area contributed by atoms with Crippen LogP contribution < -0.4 is 10.1 Å². The molecule has 1 aromatic rings. The van der Waals surface area contributed by atoms with Crippen LogP contribution in [0.3, 0.4) is 0 Å².